The van der Waals surface area contributed by atoms with Crippen LogP contribution in [0.4, 0.5) is 0 Å². The first-order valence-electron chi connectivity index (χ1n) is 4.89. The van der Waals surface area contributed by atoms with Crippen LogP contribution in [-0.2, 0) is 0 Å². The number of hydrogen-bond donors (Lipinski definition) is 2. The zero-order valence-corrected chi connectivity index (χ0v) is 9.27. The molecule has 1 atom stereocenters. The van der Waals surface area contributed by atoms with Crippen molar-refractivity contribution in [2.24, 2.45) is 5.73 Å². The van der Waals surface area contributed by atoms with Gasteiger partial charge in [0.15, 0.2) is 0 Å². The van der Waals surface area contributed by atoms with Crippen molar-refractivity contribution in [3.05, 3.63) is 17.6 Å². The van der Waals surface area contributed by atoms with Crippen molar-refractivity contribution in [2.45, 2.75) is 25.9 Å². The highest BCUT2D eigenvalue weighted by molar-refractivity contribution is 5.19. The average molecular weight is 211 g/mol. The second-order valence-corrected chi connectivity index (χ2v) is 3.60. The van der Waals surface area contributed by atoms with Crippen LogP contribution in [0, 0.1) is 0 Å². The van der Waals surface area contributed by atoms with Crippen molar-refractivity contribution < 1.29 is 9.84 Å². The standard InChI is InChI=1S/C10H17N3O2/c1-6(2)10-12-7(8(14)5-11)4-9(13-10)15-3/h4,6,8,14H,5,11H2,1-3H3. The van der Waals surface area contributed by atoms with E-state index in [0.29, 0.717) is 17.4 Å². The molecular weight excluding hydrogens is 194 g/mol. The lowest BCUT2D eigenvalue weighted by Crippen LogP contribution is -2.15. The molecule has 0 fully saturated rings. The minimum atomic E-state index is -0.764. The van der Waals surface area contributed by atoms with Crippen LogP contribution in [0.2, 0.25) is 0 Å². The zero-order chi connectivity index (χ0) is 11.4. The number of aliphatic hydroxyl groups is 1. The minimum Gasteiger partial charge on any atom is -0.481 e. The number of ether oxygens (including phenoxy) is 1. The van der Waals surface area contributed by atoms with E-state index in [-0.39, 0.29) is 12.5 Å². The third-order valence-electron chi connectivity index (χ3n) is 2.03. The molecule has 0 aliphatic heterocycles. The molecule has 0 amide bonds. The van der Waals surface area contributed by atoms with Crippen LogP contribution >= 0.6 is 0 Å². The molecule has 0 aliphatic carbocycles. The molecule has 5 heteroatoms. The molecular formula is C10H17N3O2. The Morgan fingerprint density at radius 1 is 1.47 bits per heavy atom. The Morgan fingerprint density at radius 3 is 2.60 bits per heavy atom. The molecule has 0 aromatic carbocycles. The molecule has 1 aromatic heterocycles. The quantitative estimate of drug-likeness (QED) is 0.762. The molecule has 0 aliphatic rings. The number of aromatic nitrogens is 2. The third kappa shape index (κ3) is 2.87. The minimum absolute atomic E-state index is 0.137. The van der Waals surface area contributed by atoms with E-state index in [4.69, 9.17) is 10.5 Å². The van der Waals surface area contributed by atoms with Gasteiger partial charge in [0.05, 0.1) is 12.8 Å². The number of nitrogens with zero attached hydrogens (tertiary/aromatic N) is 2. The van der Waals surface area contributed by atoms with Gasteiger partial charge in [-0.15, -0.1) is 0 Å². The molecule has 0 bridgehead atoms. The third-order valence-corrected chi connectivity index (χ3v) is 2.03. The predicted octanol–water partition coefficient (Wildman–Crippen LogP) is 0.601. The highest BCUT2D eigenvalue weighted by Gasteiger charge is 2.13. The Bertz CT molecular complexity index is 328. The molecule has 1 aromatic rings. The number of methoxy groups -OCH3 is 1. The van der Waals surface area contributed by atoms with Crippen LogP contribution in [0.25, 0.3) is 0 Å². The Balaban J connectivity index is 3.11. The number of aliphatic hydroxyl groups excluding tert-OH is 1. The van der Waals surface area contributed by atoms with Gasteiger partial charge in [-0.2, -0.15) is 4.98 Å². The maximum atomic E-state index is 9.58. The van der Waals surface area contributed by atoms with Crippen LogP contribution in [0.1, 0.15) is 37.4 Å². The summed E-state index contributed by atoms with van der Waals surface area (Å²) in [6.45, 7) is 4.10. The monoisotopic (exact) mass is 211 g/mol. The van der Waals surface area contributed by atoms with Gasteiger partial charge in [0.1, 0.15) is 11.9 Å². The maximum Gasteiger partial charge on any atom is 0.216 e. The molecule has 0 saturated heterocycles. The summed E-state index contributed by atoms with van der Waals surface area (Å²) in [7, 11) is 1.53. The highest BCUT2D eigenvalue weighted by atomic mass is 16.5. The Kier molecular flexibility index (Phi) is 3.99. The number of hydrogen-bond acceptors (Lipinski definition) is 5. The van der Waals surface area contributed by atoms with Crippen LogP contribution < -0.4 is 10.5 Å². The fourth-order valence-electron chi connectivity index (χ4n) is 1.12. The van der Waals surface area contributed by atoms with Gasteiger partial charge < -0.3 is 15.6 Å². The lowest BCUT2D eigenvalue weighted by molar-refractivity contribution is 0.180. The summed E-state index contributed by atoms with van der Waals surface area (Å²) in [4.78, 5) is 8.41. The second-order valence-electron chi connectivity index (χ2n) is 3.60. The summed E-state index contributed by atoms with van der Waals surface area (Å²) < 4.78 is 5.04. The van der Waals surface area contributed by atoms with E-state index in [0.717, 1.165) is 0 Å². The van der Waals surface area contributed by atoms with Crippen molar-refractivity contribution >= 4 is 0 Å². The summed E-state index contributed by atoms with van der Waals surface area (Å²) in [6.07, 6.45) is -0.764. The van der Waals surface area contributed by atoms with Crippen molar-refractivity contribution in [3.63, 3.8) is 0 Å². The van der Waals surface area contributed by atoms with Gasteiger partial charge in [0.2, 0.25) is 5.88 Å². The summed E-state index contributed by atoms with van der Waals surface area (Å²) in [5.41, 5.74) is 5.88. The first-order chi connectivity index (χ1) is 7.08. The van der Waals surface area contributed by atoms with Crippen molar-refractivity contribution in [2.75, 3.05) is 13.7 Å². The van der Waals surface area contributed by atoms with Gasteiger partial charge >= 0.3 is 0 Å². The van der Waals surface area contributed by atoms with Crippen LogP contribution in [-0.4, -0.2) is 28.7 Å². The van der Waals surface area contributed by atoms with E-state index in [2.05, 4.69) is 9.97 Å². The van der Waals surface area contributed by atoms with Gasteiger partial charge in [-0.3, -0.25) is 0 Å². The van der Waals surface area contributed by atoms with Gasteiger partial charge in [-0.25, -0.2) is 4.98 Å². The summed E-state index contributed by atoms with van der Waals surface area (Å²) >= 11 is 0. The zero-order valence-electron chi connectivity index (χ0n) is 9.27. The molecule has 84 valence electrons. The van der Waals surface area contributed by atoms with E-state index in [1.165, 1.54) is 7.11 Å². The van der Waals surface area contributed by atoms with Crippen molar-refractivity contribution in [1.82, 2.24) is 9.97 Å². The molecule has 0 saturated carbocycles. The van der Waals surface area contributed by atoms with Crippen molar-refractivity contribution in [1.29, 1.82) is 0 Å². The van der Waals surface area contributed by atoms with E-state index >= 15 is 0 Å². The average Bonchev–Trinajstić information content (AvgIpc) is 2.27. The topological polar surface area (TPSA) is 81.3 Å². The lowest BCUT2D eigenvalue weighted by atomic mass is 10.2. The Morgan fingerprint density at radius 2 is 2.13 bits per heavy atom. The fraction of sp³-hybridized carbons (Fsp3) is 0.600. The summed E-state index contributed by atoms with van der Waals surface area (Å²) in [6, 6.07) is 1.60. The molecule has 1 unspecified atom stereocenters. The summed E-state index contributed by atoms with van der Waals surface area (Å²) in [5, 5.41) is 9.58. The number of rotatable bonds is 4. The van der Waals surface area contributed by atoms with Gasteiger partial charge in [0.25, 0.3) is 0 Å². The van der Waals surface area contributed by atoms with Crippen molar-refractivity contribution in [3.8, 4) is 5.88 Å². The maximum absolute atomic E-state index is 9.58. The predicted molar refractivity (Wildman–Crippen MR) is 56.7 cm³/mol. The normalized spacial score (nSPS) is 12.9. The van der Waals surface area contributed by atoms with E-state index in [9.17, 15) is 5.11 Å². The van der Waals surface area contributed by atoms with Gasteiger partial charge in [-0.1, -0.05) is 13.8 Å². The smallest absolute Gasteiger partial charge is 0.216 e. The highest BCUT2D eigenvalue weighted by Crippen LogP contribution is 2.18. The van der Waals surface area contributed by atoms with Gasteiger partial charge in [0, 0.05) is 18.5 Å². The van der Waals surface area contributed by atoms with E-state index in [1.54, 1.807) is 6.07 Å². The molecule has 1 heterocycles. The van der Waals surface area contributed by atoms with Crippen LogP contribution in [0.15, 0.2) is 6.07 Å². The van der Waals surface area contributed by atoms with Gasteiger partial charge in [-0.05, 0) is 0 Å². The summed E-state index contributed by atoms with van der Waals surface area (Å²) in [5.74, 6) is 1.29. The first kappa shape index (κ1) is 11.9. The molecule has 1 rings (SSSR count). The number of nitrogens with two attached hydrogens (primary N) is 1. The first-order valence-corrected chi connectivity index (χ1v) is 4.89. The Hall–Kier alpha value is -1.20. The van der Waals surface area contributed by atoms with E-state index in [1.807, 2.05) is 13.8 Å². The van der Waals surface area contributed by atoms with Crippen LogP contribution in [0.5, 0.6) is 5.88 Å². The second kappa shape index (κ2) is 5.04. The van der Waals surface area contributed by atoms with Crippen LogP contribution in [0.3, 0.4) is 0 Å². The molecule has 15 heavy (non-hydrogen) atoms. The molecule has 5 nitrogen and oxygen atoms in total. The SMILES string of the molecule is COc1cc(C(O)CN)nc(C(C)C)n1. The molecule has 3 N–H and O–H groups in total. The molecule has 0 radical (unpaired) electrons. The Labute approximate surface area is 89.3 Å². The van der Waals surface area contributed by atoms with E-state index < -0.39 is 6.10 Å². The lowest BCUT2D eigenvalue weighted by Gasteiger charge is -2.12. The fourth-order valence-corrected chi connectivity index (χ4v) is 1.12. The largest absolute Gasteiger partial charge is 0.481 e. The molecule has 0 spiro atoms.